The first kappa shape index (κ1) is 13.8. The lowest BCUT2D eigenvalue weighted by atomic mass is 9.89. The number of piperidine rings is 1. The minimum Gasteiger partial charge on any atom is -0.391 e. The average Bonchev–Trinajstić information content (AvgIpc) is 2.76. The van der Waals surface area contributed by atoms with Gasteiger partial charge >= 0.3 is 0 Å². The summed E-state index contributed by atoms with van der Waals surface area (Å²) in [6.07, 6.45) is 1.22. The minimum absolute atomic E-state index is 0.0517. The zero-order chi connectivity index (χ0) is 13.1. The quantitative estimate of drug-likeness (QED) is 0.911. The fourth-order valence-electron chi connectivity index (χ4n) is 2.31. The van der Waals surface area contributed by atoms with Crippen LogP contribution in [0, 0.1) is 11.8 Å². The molecular formula is C13H22N2O2S. The van der Waals surface area contributed by atoms with Crippen LogP contribution in [0.3, 0.4) is 0 Å². The van der Waals surface area contributed by atoms with Crippen LogP contribution in [0.2, 0.25) is 0 Å². The highest BCUT2D eigenvalue weighted by atomic mass is 32.1. The number of ether oxygens (including phenoxy) is 1. The Kier molecular flexibility index (Phi) is 4.59. The van der Waals surface area contributed by atoms with E-state index in [1.54, 1.807) is 18.4 Å². The number of methoxy groups -OCH3 is 1. The SMILES string of the molecule is COCc1nc(N2CCC(C)C(C)C2)sc1CO. The highest BCUT2D eigenvalue weighted by Crippen LogP contribution is 2.32. The van der Waals surface area contributed by atoms with Crippen LogP contribution in [0.5, 0.6) is 0 Å². The second kappa shape index (κ2) is 5.99. The van der Waals surface area contributed by atoms with Gasteiger partial charge in [-0.05, 0) is 18.3 Å². The minimum atomic E-state index is 0.0517. The van der Waals surface area contributed by atoms with Crippen LogP contribution in [-0.4, -0.2) is 30.3 Å². The molecule has 1 aromatic rings. The number of nitrogens with zero attached hydrogens (tertiary/aromatic N) is 2. The second-order valence-corrected chi connectivity index (χ2v) is 6.21. The highest BCUT2D eigenvalue weighted by molar-refractivity contribution is 7.15. The van der Waals surface area contributed by atoms with Crippen molar-refractivity contribution in [1.82, 2.24) is 4.98 Å². The molecule has 0 spiro atoms. The summed E-state index contributed by atoms with van der Waals surface area (Å²) in [7, 11) is 1.66. The number of aliphatic hydroxyl groups excluding tert-OH is 1. The lowest BCUT2D eigenvalue weighted by Crippen LogP contribution is -2.38. The first-order valence-corrected chi connectivity index (χ1v) is 7.30. The molecule has 1 N–H and O–H groups in total. The van der Waals surface area contributed by atoms with Crippen LogP contribution in [-0.2, 0) is 18.0 Å². The Morgan fingerprint density at radius 3 is 2.83 bits per heavy atom. The zero-order valence-corrected chi connectivity index (χ0v) is 12.2. The monoisotopic (exact) mass is 270 g/mol. The molecular weight excluding hydrogens is 248 g/mol. The Bertz CT molecular complexity index is 394. The Morgan fingerprint density at radius 2 is 2.22 bits per heavy atom. The van der Waals surface area contributed by atoms with Gasteiger partial charge in [0.25, 0.3) is 0 Å². The Balaban J connectivity index is 2.13. The fraction of sp³-hybridized carbons (Fsp3) is 0.769. The van der Waals surface area contributed by atoms with E-state index in [9.17, 15) is 5.11 Å². The number of thiazole rings is 1. The Hall–Kier alpha value is -0.650. The third-order valence-electron chi connectivity index (χ3n) is 3.80. The summed E-state index contributed by atoms with van der Waals surface area (Å²) in [5.41, 5.74) is 0.881. The van der Waals surface area contributed by atoms with Crippen molar-refractivity contribution in [3.63, 3.8) is 0 Å². The van der Waals surface area contributed by atoms with Gasteiger partial charge in [-0.3, -0.25) is 0 Å². The molecule has 0 aromatic carbocycles. The molecule has 0 saturated carbocycles. The smallest absolute Gasteiger partial charge is 0.185 e. The predicted octanol–water partition coefficient (Wildman–Crippen LogP) is 2.26. The van der Waals surface area contributed by atoms with Crippen LogP contribution in [0.25, 0.3) is 0 Å². The van der Waals surface area contributed by atoms with E-state index in [2.05, 4.69) is 23.7 Å². The van der Waals surface area contributed by atoms with E-state index in [0.29, 0.717) is 12.5 Å². The lowest BCUT2D eigenvalue weighted by molar-refractivity contribution is 0.179. The molecule has 1 aliphatic rings. The lowest BCUT2D eigenvalue weighted by Gasteiger charge is -2.35. The molecule has 4 nitrogen and oxygen atoms in total. The van der Waals surface area contributed by atoms with E-state index in [-0.39, 0.29) is 6.61 Å². The van der Waals surface area contributed by atoms with Crippen molar-refractivity contribution in [2.75, 3.05) is 25.1 Å². The van der Waals surface area contributed by atoms with Crippen molar-refractivity contribution in [3.8, 4) is 0 Å². The average molecular weight is 270 g/mol. The van der Waals surface area contributed by atoms with Gasteiger partial charge in [-0.1, -0.05) is 25.2 Å². The fourth-order valence-corrected chi connectivity index (χ4v) is 3.27. The molecule has 2 unspecified atom stereocenters. The van der Waals surface area contributed by atoms with Gasteiger partial charge in [0.2, 0.25) is 0 Å². The van der Waals surface area contributed by atoms with Crippen LogP contribution in [0.15, 0.2) is 0 Å². The standard InChI is InChI=1S/C13H22N2O2S/c1-9-4-5-15(6-10(9)2)13-14-11(8-17-3)12(7-16)18-13/h9-10,16H,4-8H2,1-3H3. The van der Waals surface area contributed by atoms with E-state index in [1.165, 1.54) is 6.42 Å². The van der Waals surface area contributed by atoms with Crippen LogP contribution in [0.4, 0.5) is 5.13 Å². The van der Waals surface area contributed by atoms with Crippen molar-refractivity contribution >= 4 is 16.5 Å². The normalized spacial score (nSPS) is 24.6. The molecule has 2 rings (SSSR count). The number of rotatable bonds is 4. The van der Waals surface area contributed by atoms with Crippen molar-refractivity contribution in [1.29, 1.82) is 0 Å². The summed E-state index contributed by atoms with van der Waals surface area (Å²) in [6.45, 7) is 7.28. The van der Waals surface area contributed by atoms with Crippen LogP contribution >= 0.6 is 11.3 Å². The molecule has 2 atom stereocenters. The molecule has 0 aliphatic carbocycles. The molecule has 1 saturated heterocycles. The maximum atomic E-state index is 9.35. The van der Waals surface area contributed by atoms with E-state index in [1.807, 2.05) is 0 Å². The van der Waals surface area contributed by atoms with Gasteiger partial charge in [0.05, 0.1) is 23.8 Å². The van der Waals surface area contributed by atoms with Gasteiger partial charge in [-0.2, -0.15) is 0 Å². The number of aromatic nitrogens is 1. The Labute approximate surface area is 113 Å². The number of hydrogen-bond acceptors (Lipinski definition) is 5. The van der Waals surface area contributed by atoms with E-state index >= 15 is 0 Å². The number of anilines is 1. The summed E-state index contributed by atoms with van der Waals surface area (Å²) in [5.74, 6) is 1.49. The summed E-state index contributed by atoms with van der Waals surface area (Å²) >= 11 is 1.59. The topological polar surface area (TPSA) is 45.6 Å². The predicted molar refractivity (Wildman–Crippen MR) is 73.9 cm³/mol. The summed E-state index contributed by atoms with van der Waals surface area (Å²) in [6, 6.07) is 0. The number of aliphatic hydroxyl groups is 1. The van der Waals surface area contributed by atoms with Crippen LogP contribution < -0.4 is 4.90 Å². The number of hydrogen-bond donors (Lipinski definition) is 1. The molecule has 0 amide bonds. The Morgan fingerprint density at radius 1 is 1.44 bits per heavy atom. The maximum Gasteiger partial charge on any atom is 0.185 e. The molecule has 0 bridgehead atoms. The maximum absolute atomic E-state index is 9.35. The van der Waals surface area contributed by atoms with E-state index < -0.39 is 0 Å². The van der Waals surface area contributed by atoms with E-state index in [0.717, 1.165) is 34.7 Å². The second-order valence-electron chi connectivity index (χ2n) is 5.15. The molecule has 0 radical (unpaired) electrons. The van der Waals surface area contributed by atoms with Gasteiger partial charge in [0, 0.05) is 20.2 Å². The van der Waals surface area contributed by atoms with Crippen molar-refractivity contribution in [3.05, 3.63) is 10.6 Å². The first-order valence-electron chi connectivity index (χ1n) is 6.49. The molecule has 18 heavy (non-hydrogen) atoms. The summed E-state index contributed by atoms with van der Waals surface area (Å²) < 4.78 is 5.12. The molecule has 1 fully saturated rings. The van der Waals surface area contributed by atoms with Crippen LogP contribution in [0.1, 0.15) is 30.8 Å². The largest absolute Gasteiger partial charge is 0.391 e. The van der Waals surface area contributed by atoms with Crippen molar-refractivity contribution in [2.45, 2.75) is 33.5 Å². The first-order chi connectivity index (χ1) is 8.65. The molecule has 1 aliphatic heterocycles. The van der Waals surface area contributed by atoms with Gasteiger partial charge in [-0.15, -0.1) is 0 Å². The zero-order valence-electron chi connectivity index (χ0n) is 11.3. The van der Waals surface area contributed by atoms with Crippen molar-refractivity contribution < 1.29 is 9.84 Å². The van der Waals surface area contributed by atoms with Gasteiger partial charge in [0.1, 0.15) is 0 Å². The molecule has 102 valence electrons. The van der Waals surface area contributed by atoms with Crippen molar-refractivity contribution in [2.24, 2.45) is 11.8 Å². The third-order valence-corrected chi connectivity index (χ3v) is 4.94. The molecule has 2 heterocycles. The third kappa shape index (κ3) is 2.84. The molecule has 5 heteroatoms. The highest BCUT2D eigenvalue weighted by Gasteiger charge is 2.25. The summed E-state index contributed by atoms with van der Waals surface area (Å²) in [4.78, 5) is 7.88. The van der Waals surface area contributed by atoms with Gasteiger partial charge in [-0.25, -0.2) is 4.98 Å². The van der Waals surface area contributed by atoms with Gasteiger partial charge < -0.3 is 14.7 Å². The molecule has 1 aromatic heterocycles. The van der Waals surface area contributed by atoms with E-state index in [4.69, 9.17) is 4.74 Å². The summed E-state index contributed by atoms with van der Waals surface area (Å²) in [5, 5.41) is 10.4. The van der Waals surface area contributed by atoms with Gasteiger partial charge in [0.15, 0.2) is 5.13 Å².